The van der Waals surface area contributed by atoms with E-state index in [0.29, 0.717) is 6.07 Å². The van der Waals surface area contributed by atoms with Crippen molar-refractivity contribution in [3.05, 3.63) is 65.0 Å². The molecule has 0 bridgehead atoms. The van der Waals surface area contributed by atoms with E-state index in [0.717, 1.165) is 11.8 Å². The Bertz CT molecular complexity index is 1140. The van der Waals surface area contributed by atoms with Crippen LogP contribution < -0.4 is 4.74 Å². The maximum Gasteiger partial charge on any atom is 0.344 e. The number of carbonyl (C=O) groups excluding carboxylic acids is 2. The Morgan fingerprint density at radius 3 is 2.42 bits per heavy atom. The Kier molecular flexibility index (Phi) is 7.13. The lowest BCUT2D eigenvalue weighted by Gasteiger charge is -2.16. The highest BCUT2D eigenvalue weighted by Gasteiger charge is 2.29. The Balaban J connectivity index is 2.31. The van der Waals surface area contributed by atoms with Crippen molar-refractivity contribution < 1.29 is 37.0 Å². The van der Waals surface area contributed by atoms with Gasteiger partial charge in [-0.2, -0.15) is 0 Å². The molecule has 0 saturated heterocycles. The Labute approximate surface area is 179 Å². The van der Waals surface area contributed by atoms with Crippen LogP contribution in [0, 0.1) is 17.5 Å². The van der Waals surface area contributed by atoms with Gasteiger partial charge in [-0.3, -0.25) is 0 Å². The summed E-state index contributed by atoms with van der Waals surface area (Å²) in [4.78, 5) is 29.3. The smallest absolute Gasteiger partial charge is 0.344 e. The summed E-state index contributed by atoms with van der Waals surface area (Å²) in [6, 6.07) is 8.37. The molecule has 10 heteroatoms. The van der Waals surface area contributed by atoms with E-state index in [1.54, 1.807) is 25.1 Å². The van der Waals surface area contributed by atoms with E-state index in [1.165, 1.54) is 19.2 Å². The third-order valence-electron chi connectivity index (χ3n) is 4.03. The molecule has 3 rings (SSSR count). The number of rotatable bonds is 7. The number of hydrogen-bond acceptors (Lipinski definition) is 7. The Morgan fingerprint density at radius 1 is 1.06 bits per heavy atom. The largest absolute Gasteiger partial charge is 0.462 e. The molecule has 1 heterocycles. The minimum Gasteiger partial charge on any atom is -0.462 e. The van der Waals surface area contributed by atoms with Crippen LogP contribution in [0.5, 0.6) is 5.75 Å². The van der Waals surface area contributed by atoms with Gasteiger partial charge in [0.05, 0.1) is 23.5 Å². The van der Waals surface area contributed by atoms with Gasteiger partial charge in [0.1, 0.15) is 16.1 Å². The number of pyridine rings is 1. The SMILES string of the molecule is CCOC(=O)c1c(SCOC)nc2c(F)c(F)c(F)cc2c1OC(=O)c1ccccc1. The lowest BCUT2D eigenvalue weighted by atomic mass is 10.1. The van der Waals surface area contributed by atoms with Crippen LogP contribution in [-0.2, 0) is 9.47 Å². The quantitative estimate of drug-likeness (QED) is 0.222. The summed E-state index contributed by atoms with van der Waals surface area (Å²) in [6.07, 6.45) is 0. The van der Waals surface area contributed by atoms with Gasteiger partial charge in [0.15, 0.2) is 23.2 Å². The first kappa shape index (κ1) is 22.6. The van der Waals surface area contributed by atoms with Gasteiger partial charge in [0.2, 0.25) is 0 Å². The summed E-state index contributed by atoms with van der Waals surface area (Å²) in [5.74, 6) is -7.19. The van der Waals surface area contributed by atoms with E-state index < -0.39 is 46.0 Å². The van der Waals surface area contributed by atoms with E-state index in [4.69, 9.17) is 14.2 Å². The zero-order valence-corrected chi connectivity index (χ0v) is 17.2. The van der Waals surface area contributed by atoms with E-state index in [-0.39, 0.29) is 28.7 Å². The first-order valence-electron chi connectivity index (χ1n) is 8.96. The molecule has 0 fully saturated rings. The predicted molar refractivity (Wildman–Crippen MR) is 107 cm³/mol. The molecule has 0 aliphatic heterocycles. The molecule has 0 aliphatic rings. The maximum absolute atomic E-state index is 14.5. The normalized spacial score (nSPS) is 10.9. The Hall–Kier alpha value is -3.11. The molecule has 0 aliphatic carbocycles. The van der Waals surface area contributed by atoms with Crippen LogP contribution in [0.15, 0.2) is 41.4 Å². The number of thioether (sulfide) groups is 1. The number of fused-ring (bicyclic) bond motifs is 1. The van der Waals surface area contributed by atoms with Crippen LogP contribution >= 0.6 is 11.8 Å². The van der Waals surface area contributed by atoms with E-state index in [1.807, 2.05) is 0 Å². The monoisotopic (exact) mass is 451 g/mol. The molecule has 0 amide bonds. The minimum atomic E-state index is -1.74. The predicted octanol–water partition coefficient (Wildman–Crippen LogP) is 4.74. The Morgan fingerprint density at radius 2 is 1.77 bits per heavy atom. The van der Waals surface area contributed by atoms with Crippen LogP contribution in [0.4, 0.5) is 13.2 Å². The first-order chi connectivity index (χ1) is 14.9. The molecule has 31 heavy (non-hydrogen) atoms. The molecule has 0 spiro atoms. The number of methoxy groups -OCH3 is 1. The van der Waals surface area contributed by atoms with Crippen molar-refractivity contribution in [3.63, 3.8) is 0 Å². The summed E-state index contributed by atoms with van der Waals surface area (Å²) in [7, 11) is 1.38. The summed E-state index contributed by atoms with van der Waals surface area (Å²) in [5, 5.41) is -0.529. The summed E-state index contributed by atoms with van der Waals surface area (Å²) >= 11 is 0.864. The number of halogens is 3. The molecule has 0 unspecified atom stereocenters. The molecule has 2 aromatic carbocycles. The second-order valence-corrected chi connectivity index (χ2v) is 6.94. The fourth-order valence-corrected chi connectivity index (χ4v) is 3.40. The number of nitrogens with zero attached hydrogens (tertiary/aromatic N) is 1. The fourth-order valence-electron chi connectivity index (χ4n) is 2.69. The number of ether oxygens (including phenoxy) is 3. The molecule has 0 N–H and O–H groups in total. The average Bonchev–Trinajstić information content (AvgIpc) is 2.77. The average molecular weight is 451 g/mol. The topological polar surface area (TPSA) is 74.7 Å². The fraction of sp³-hybridized carbons (Fsp3) is 0.190. The number of benzene rings is 2. The molecular formula is C21H16F3NO5S. The zero-order chi connectivity index (χ0) is 22.5. The second kappa shape index (κ2) is 9.80. The second-order valence-electron chi connectivity index (χ2n) is 6.03. The van der Waals surface area contributed by atoms with Crippen molar-refractivity contribution in [2.75, 3.05) is 19.7 Å². The number of aromatic nitrogens is 1. The summed E-state index contributed by atoms with van der Waals surface area (Å²) < 4.78 is 57.7. The van der Waals surface area contributed by atoms with Gasteiger partial charge in [0, 0.05) is 7.11 Å². The number of esters is 2. The molecule has 0 atom stereocenters. The third kappa shape index (κ3) is 4.64. The molecule has 0 saturated carbocycles. The molecule has 162 valence electrons. The van der Waals surface area contributed by atoms with Gasteiger partial charge in [-0.15, -0.1) is 0 Å². The van der Waals surface area contributed by atoms with E-state index in [2.05, 4.69) is 4.98 Å². The van der Waals surface area contributed by atoms with Crippen LogP contribution in [0.3, 0.4) is 0 Å². The van der Waals surface area contributed by atoms with Crippen LogP contribution in [-0.4, -0.2) is 36.6 Å². The molecular weight excluding hydrogens is 435 g/mol. The first-order valence-corrected chi connectivity index (χ1v) is 9.94. The van der Waals surface area contributed by atoms with E-state index in [9.17, 15) is 22.8 Å². The molecule has 1 aromatic heterocycles. The van der Waals surface area contributed by atoms with Crippen LogP contribution in [0.25, 0.3) is 10.9 Å². The minimum absolute atomic E-state index is 0.0116. The van der Waals surface area contributed by atoms with Crippen molar-refractivity contribution in [3.8, 4) is 5.75 Å². The summed E-state index contributed by atoms with van der Waals surface area (Å²) in [5.41, 5.74) is -0.816. The van der Waals surface area contributed by atoms with Gasteiger partial charge in [-0.25, -0.2) is 27.7 Å². The number of hydrogen-bond donors (Lipinski definition) is 0. The van der Waals surface area contributed by atoms with Crippen molar-refractivity contribution in [2.24, 2.45) is 0 Å². The highest BCUT2D eigenvalue weighted by Crippen LogP contribution is 2.38. The van der Waals surface area contributed by atoms with Gasteiger partial charge in [-0.05, 0) is 25.1 Å². The zero-order valence-electron chi connectivity index (χ0n) is 16.4. The highest BCUT2D eigenvalue weighted by molar-refractivity contribution is 7.99. The van der Waals surface area contributed by atoms with Crippen LogP contribution in [0.2, 0.25) is 0 Å². The molecule has 6 nitrogen and oxygen atoms in total. The van der Waals surface area contributed by atoms with Gasteiger partial charge in [-0.1, -0.05) is 30.0 Å². The van der Waals surface area contributed by atoms with Gasteiger partial charge in [0.25, 0.3) is 0 Å². The van der Waals surface area contributed by atoms with Crippen molar-refractivity contribution in [1.82, 2.24) is 4.98 Å². The van der Waals surface area contributed by atoms with E-state index >= 15 is 0 Å². The van der Waals surface area contributed by atoms with Gasteiger partial charge < -0.3 is 14.2 Å². The lowest BCUT2D eigenvalue weighted by Crippen LogP contribution is -2.16. The van der Waals surface area contributed by atoms with Crippen molar-refractivity contribution in [2.45, 2.75) is 11.9 Å². The maximum atomic E-state index is 14.5. The number of carbonyl (C=O) groups is 2. The van der Waals surface area contributed by atoms with Crippen molar-refractivity contribution >= 4 is 34.6 Å². The highest BCUT2D eigenvalue weighted by atomic mass is 32.2. The summed E-state index contributed by atoms with van der Waals surface area (Å²) in [6.45, 7) is 1.53. The molecule has 3 aromatic rings. The van der Waals surface area contributed by atoms with Crippen LogP contribution in [0.1, 0.15) is 27.6 Å². The molecule has 0 radical (unpaired) electrons. The third-order valence-corrected chi connectivity index (χ3v) is 4.96. The lowest BCUT2D eigenvalue weighted by molar-refractivity contribution is 0.0515. The van der Waals surface area contributed by atoms with Gasteiger partial charge >= 0.3 is 11.9 Å². The van der Waals surface area contributed by atoms with Crippen molar-refractivity contribution in [1.29, 1.82) is 0 Å². The standard InChI is InChI=1S/C21H16F3NO5S/c1-3-29-21(27)14-18(30-20(26)11-7-5-4-6-8-11)12-9-13(22)15(23)16(24)17(12)25-19(14)31-10-28-2/h4-9H,3,10H2,1-2H3.